The molecular formula is C54H32N4O. The highest BCUT2D eigenvalue weighted by Gasteiger charge is 2.24. The molecule has 0 N–H and O–H groups in total. The fraction of sp³-hybridized carbons (Fsp3) is 0. The van der Waals surface area contributed by atoms with Gasteiger partial charge in [0, 0.05) is 54.7 Å². The molecule has 13 aromatic rings. The first kappa shape index (κ1) is 32.1. The predicted molar refractivity (Wildman–Crippen MR) is 244 cm³/mol. The lowest BCUT2D eigenvalue weighted by Gasteiger charge is -2.12. The monoisotopic (exact) mass is 752 g/mol. The SMILES string of the molecule is c1ccc(-c2cccc(-c3nc(-n4c5ccccc5c5ccc6c(oc7cc(-n8c9ccccc9c9ccccc98)c8ccccc8c76)c54)nc4ccccc34)c2)cc1. The normalized spacial score (nSPS) is 12.1. The lowest BCUT2D eigenvalue weighted by molar-refractivity contribution is 0.671. The number of aromatic nitrogens is 4. The maximum Gasteiger partial charge on any atom is 0.235 e. The van der Waals surface area contributed by atoms with Gasteiger partial charge in [-0.15, -0.1) is 0 Å². The van der Waals surface area contributed by atoms with Crippen LogP contribution in [0, 0.1) is 0 Å². The van der Waals surface area contributed by atoms with Gasteiger partial charge in [0.05, 0.1) is 33.4 Å². The van der Waals surface area contributed by atoms with Crippen molar-refractivity contribution in [2.24, 2.45) is 0 Å². The van der Waals surface area contributed by atoms with Crippen molar-refractivity contribution in [2.75, 3.05) is 0 Å². The number of furan rings is 1. The van der Waals surface area contributed by atoms with Crippen molar-refractivity contribution < 1.29 is 4.42 Å². The molecule has 0 aliphatic heterocycles. The minimum absolute atomic E-state index is 0.596. The van der Waals surface area contributed by atoms with Crippen LogP contribution >= 0.6 is 0 Å². The molecule has 0 spiro atoms. The zero-order valence-electron chi connectivity index (χ0n) is 31.7. The van der Waals surface area contributed by atoms with Gasteiger partial charge in [-0.2, -0.15) is 0 Å². The molecule has 9 aromatic carbocycles. The summed E-state index contributed by atoms with van der Waals surface area (Å²) in [4.78, 5) is 10.8. The highest BCUT2D eigenvalue weighted by Crippen LogP contribution is 2.45. The van der Waals surface area contributed by atoms with E-state index in [4.69, 9.17) is 14.4 Å². The maximum absolute atomic E-state index is 7.21. The van der Waals surface area contributed by atoms with E-state index in [9.17, 15) is 0 Å². The average Bonchev–Trinajstić information content (AvgIpc) is 3.97. The zero-order valence-corrected chi connectivity index (χ0v) is 31.7. The second kappa shape index (κ2) is 12.2. The molecular weight excluding hydrogens is 721 g/mol. The minimum Gasteiger partial charge on any atom is -0.454 e. The first-order chi connectivity index (χ1) is 29.3. The maximum atomic E-state index is 7.21. The average molecular weight is 753 g/mol. The molecule has 0 atom stereocenters. The molecule has 59 heavy (non-hydrogen) atoms. The highest BCUT2D eigenvalue weighted by molar-refractivity contribution is 6.27. The number of nitrogens with zero attached hydrogens (tertiary/aromatic N) is 4. The smallest absolute Gasteiger partial charge is 0.235 e. The largest absolute Gasteiger partial charge is 0.454 e. The first-order valence-corrected chi connectivity index (χ1v) is 20.0. The lowest BCUT2D eigenvalue weighted by atomic mass is 10.00. The van der Waals surface area contributed by atoms with E-state index < -0.39 is 0 Å². The van der Waals surface area contributed by atoms with E-state index in [2.05, 4.69) is 197 Å². The first-order valence-electron chi connectivity index (χ1n) is 20.0. The third-order valence-corrected chi connectivity index (χ3v) is 12.1. The summed E-state index contributed by atoms with van der Waals surface area (Å²) < 4.78 is 11.8. The minimum atomic E-state index is 0.596. The van der Waals surface area contributed by atoms with Crippen LogP contribution in [0.3, 0.4) is 0 Å². The third kappa shape index (κ3) is 4.61. The quantitative estimate of drug-likeness (QED) is 0.180. The van der Waals surface area contributed by atoms with Gasteiger partial charge in [0.25, 0.3) is 0 Å². The van der Waals surface area contributed by atoms with Gasteiger partial charge < -0.3 is 8.98 Å². The van der Waals surface area contributed by atoms with Gasteiger partial charge in [0.1, 0.15) is 11.1 Å². The summed E-state index contributed by atoms with van der Waals surface area (Å²) in [5.74, 6) is 0.596. The molecule has 0 aliphatic carbocycles. The van der Waals surface area contributed by atoms with Crippen LogP contribution in [0.1, 0.15) is 0 Å². The van der Waals surface area contributed by atoms with Gasteiger partial charge in [0.2, 0.25) is 5.95 Å². The highest BCUT2D eigenvalue weighted by atomic mass is 16.3. The molecule has 274 valence electrons. The van der Waals surface area contributed by atoms with Crippen LogP contribution in [-0.2, 0) is 0 Å². The summed E-state index contributed by atoms with van der Waals surface area (Å²) in [6.45, 7) is 0. The van der Waals surface area contributed by atoms with Crippen molar-refractivity contribution in [3.05, 3.63) is 194 Å². The van der Waals surface area contributed by atoms with Crippen LogP contribution in [0.5, 0.6) is 0 Å². The Morgan fingerprint density at radius 2 is 0.932 bits per heavy atom. The molecule has 0 fully saturated rings. The van der Waals surface area contributed by atoms with Crippen LogP contribution < -0.4 is 0 Å². The lowest BCUT2D eigenvalue weighted by Crippen LogP contribution is -2.03. The molecule has 4 aromatic heterocycles. The Balaban J connectivity index is 1.12. The van der Waals surface area contributed by atoms with E-state index in [-0.39, 0.29) is 0 Å². The van der Waals surface area contributed by atoms with Gasteiger partial charge >= 0.3 is 0 Å². The van der Waals surface area contributed by atoms with Crippen molar-refractivity contribution in [3.63, 3.8) is 0 Å². The van der Waals surface area contributed by atoms with E-state index in [1.165, 1.54) is 10.8 Å². The van der Waals surface area contributed by atoms with Crippen molar-refractivity contribution in [1.29, 1.82) is 0 Å². The summed E-state index contributed by atoms with van der Waals surface area (Å²) in [5, 5.41) is 10.1. The van der Waals surface area contributed by atoms with Gasteiger partial charge in [-0.05, 0) is 52.9 Å². The van der Waals surface area contributed by atoms with E-state index in [1.54, 1.807) is 0 Å². The summed E-state index contributed by atoms with van der Waals surface area (Å²) >= 11 is 0. The number of hydrogen-bond acceptors (Lipinski definition) is 3. The van der Waals surface area contributed by atoms with Crippen molar-refractivity contribution in [2.45, 2.75) is 0 Å². The van der Waals surface area contributed by atoms with Crippen LogP contribution in [0.25, 0.3) is 121 Å². The molecule has 0 unspecified atom stereocenters. The number of fused-ring (bicyclic) bond motifs is 13. The molecule has 0 radical (unpaired) electrons. The third-order valence-electron chi connectivity index (χ3n) is 12.1. The Morgan fingerprint density at radius 3 is 1.68 bits per heavy atom. The molecule has 0 bridgehead atoms. The van der Waals surface area contributed by atoms with Crippen molar-refractivity contribution >= 4 is 87.2 Å². The van der Waals surface area contributed by atoms with Gasteiger partial charge in [0.15, 0.2) is 5.58 Å². The summed E-state index contributed by atoms with van der Waals surface area (Å²) in [6.07, 6.45) is 0. The van der Waals surface area contributed by atoms with Crippen molar-refractivity contribution in [3.8, 4) is 34.0 Å². The predicted octanol–water partition coefficient (Wildman–Crippen LogP) is 14.2. The Hall–Kier alpha value is -8.02. The van der Waals surface area contributed by atoms with Crippen LogP contribution in [0.4, 0.5) is 0 Å². The molecule has 0 saturated carbocycles. The number of hydrogen-bond donors (Lipinski definition) is 0. The van der Waals surface area contributed by atoms with Crippen LogP contribution in [0.2, 0.25) is 0 Å². The number of rotatable bonds is 4. The second-order valence-corrected chi connectivity index (χ2v) is 15.3. The second-order valence-electron chi connectivity index (χ2n) is 15.3. The van der Waals surface area contributed by atoms with Crippen molar-refractivity contribution in [1.82, 2.24) is 19.1 Å². The zero-order chi connectivity index (χ0) is 38.6. The number of benzene rings is 9. The van der Waals surface area contributed by atoms with Crippen LogP contribution in [-0.4, -0.2) is 19.1 Å². The van der Waals surface area contributed by atoms with Crippen LogP contribution in [0.15, 0.2) is 199 Å². The van der Waals surface area contributed by atoms with E-state index >= 15 is 0 Å². The Bertz CT molecular complexity index is 3800. The Morgan fingerprint density at radius 1 is 0.373 bits per heavy atom. The Kier molecular flexibility index (Phi) is 6.66. The van der Waals surface area contributed by atoms with Gasteiger partial charge in [-0.3, -0.25) is 4.57 Å². The van der Waals surface area contributed by atoms with Gasteiger partial charge in [-0.25, -0.2) is 9.97 Å². The standard InChI is InChI=1S/C54H32N4O/c1-2-15-33(16-3-1)34-17-14-18-35(31-34)51-42-24-6-10-25-44(42)55-54(56-51)58-47-28-13-9-22-39(47)41-29-30-43-50-40-23-5-4-21-38(40)48(32-49(50)59-53(43)52(41)58)57-45-26-11-7-19-36(45)37-20-8-12-27-46(37)57/h1-32H. The Labute approximate surface area is 337 Å². The van der Waals surface area contributed by atoms with E-state index in [1.807, 2.05) is 6.07 Å². The molecule has 5 heteroatoms. The van der Waals surface area contributed by atoms with E-state index in [0.717, 1.165) is 105 Å². The fourth-order valence-corrected chi connectivity index (χ4v) is 9.56. The van der Waals surface area contributed by atoms with Gasteiger partial charge in [-0.1, -0.05) is 152 Å². The molecule has 13 rings (SSSR count). The molecule has 4 heterocycles. The fourth-order valence-electron chi connectivity index (χ4n) is 9.56. The summed E-state index contributed by atoms with van der Waals surface area (Å²) in [5.41, 5.74) is 12.1. The van der Waals surface area contributed by atoms with E-state index in [0.29, 0.717) is 5.95 Å². The number of para-hydroxylation sites is 4. The molecule has 0 aliphatic rings. The summed E-state index contributed by atoms with van der Waals surface area (Å²) in [6, 6.07) is 68.8. The topological polar surface area (TPSA) is 48.8 Å². The molecule has 0 amide bonds. The summed E-state index contributed by atoms with van der Waals surface area (Å²) in [7, 11) is 0. The molecule has 5 nitrogen and oxygen atoms in total. The molecule has 0 saturated heterocycles.